The van der Waals surface area contributed by atoms with Crippen LogP contribution in [0.15, 0.2) is 12.4 Å². The lowest BCUT2D eigenvalue weighted by Crippen LogP contribution is -2.39. The Labute approximate surface area is 119 Å². The van der Waals surface area contributed by atoms with Crippen molar-refractivity contribution < 1.29 is 14.3 Å². The normalized spacial score (nSPS) is 18.7. The number of ether oxygens (including phenoxy) is 2. The first-order valence-electron chi connectivity index (χ1n) is 7.02. The second kappa shape index (κ2) is 7.07. The predicted molar refractivity (Wildman–Crippen MR) is 74.8 cm³/mol. The van der Waals surface area contributed by atoms with Gasteiger partial charge in [0.2, 0.25) is 5.88 Å². The molecule has 2 heterocycles. The quantitative estimate of drug-likeness (QED) is 0.764. The number of methoxy groups -OCH3 is 1. The molecule has 110 valence electrons. The van der Waals surface area contributed by atoms with E-state index in [2.05, 4.69) is 14.9 Å². The Balaban J connectivity index is 2.04. The minimum absolute atomic E-state index is 0.0873. The molecular weight excluding hydrogens is 258 g/mol. The van der Waals surface area contributed by atoms with Crippen molar-refractivity contribution in [1.29, 1.82) is 0 Å². The molecule has 0 saturated carbocycles. The van der Waals surface area contributed by atoms with Crippen molar-refractivity contribution in [3.8, 4) is 5.88 Å². The standard InChI is InChI=1S/C14H21N3O3/c1-3-7-20-13-9-15-8-12(16-13)17-6-4-5-11(10-17)14(18)19-2/h8-9,11H,3-7,10H2,1-2H3. The Kier molecular flexibility index (Phi) is 5.15. The van der Waals surface area contributed by atoms with Crippen LogP contribution < -0.4 is 9.64 Å². The molecule has 0 aliphatic carbocycles. The number of hydrogen-bond donors (Lipinski definition) is 0. The number of carbonyl (C=O) groups is 1. The summed E-state index contributed by atoms with van der Waals surface area (Å²) in [6, 6.07) is 0. The number of carbonyl (C=O) groups excluding carboxylic acids is 1. The summed E-state index contributed by atoms with van der Waals surface area (Å²) < 4.78 is 10.3. The van der Waals surface area contributed by atoms with Crippen LogP contribution in [0.3, 0.4) is 0 Å². The van der Waals surface area contributed by atoms with Gasteiger partial charge in [0.1, 0.15) is 0 Å². The molecule has 0 aromatic carbocycles. The molecule has 0 amide bonds. The number of anilines is 1. The zero-order chi connectivity index (χ0) is 14.4. The SMILES string of the molecule is CCCOc1cncc(N2CCCC(C(=O)OC)C2)n1. The Hall–Kier alpha value is -1.85. The average Bonchev–Trinajstić information content (AvgIpc) is 2.52. The van der Waals surface area contributed by atoms with Gasteiger partial charge in [-0.25, -0.2) is 0 Å². The first-order valence-corrected chi connectivity index (χ1v) is 7.02. The predicted octanol–water partition coefficient (Wildman–Crippen LogP) is 1.65. The van der Waals surface area contributed by atoms with Gasteiger partial charge < -0.3 is 14.4 Å². The van der Waals surface area contributed by atoms with E-state index in [1.165, 1.54) is 7.11 Å². The van der Waals surface area contributed by atoms with E-state index >= 15 is 0 Å². The number of rotatable bonds is 5. The second-order valence-electron chi connectivity index (χ2n) is 4.87. The summed E-state index contributed by atoms with van der Waals surface area (Å²) in [7, 11) is 1.43. The van der Waals surface area contributed by atoms with Gasteiger partial charge in [0.25, 0.3) is 0 Å². The van der Waals surface area contributed by atoms with Gasteiger partial charge in [-0.05, 0) is 19.3 Å². The van der Waals surface area contributed by atoms with Crippen molar-refractivity contribution in [2.45, 2.75) is 26.2 Å². The highest BCUT2D eigenvalue weighted by Crippen LogP contribution is 2.23. The highest BCUT2D eigenvalue weighted by atomic mass is 16.5. The topological polar surface area (TPSA) is 64.5 Å². The van der Waals surface area contributed by atoms with E-state index in [-0.39, 0.29) is 11.9 Å². The molecule has 6 nitrogen and oxygen atoms in total. The van der Waals surface area contributed by atoms with Crippen molar-refractivity contribution in [2.24, 2.45) is 5.92 Å². The molecule has 1 aliphatic heterocycles. The molecule has 0 bridgehead atoms. The van der Waals surface area contributed by atoms with Crippen LogP contribution >= 0.6 is 0 Å². The largest absolute Gasteiger partial charge is 0.477 e. The molecule has 0 spiro atoms. The van der Waals surface area contributed by atoms with Crippen LogP contribution in [0.2, 0.25) is 0 Å². The van der Waals surface area contributed by atoms with Crippen LogP contribution in [0.1, 0.15) is 26.2 Å². The minimum atomic E-state index is -0.152. The van der Waals surface area contributed by atoms with Crippen molar-refractivity contribution in [2.75, 3.05) is 31.7 Å². The fourth-order valence-electron chi connectivity index (χ4n) is 2.31. The molecule has 0 N–H and O–H groups in total. The molecule has 1 atom stereocenters. The van der Waals surface area contributed by atoms with Crippen molar-refractivity contribution in [3.05, 3.63) is 12.4 Å². The van der Waals surface area contributed by atoms with E-state index in [4.69, 9.17) is 9.47 Å². The first kappa shape index (κ1) is 14.6. The molecule has 1 unspecified atom stereocenters. The van der Waals surface area contributed by atoms with E-state index in [9.17, 15) is 4.79 Å². The maximum absolute atomic E-state index is 11.6. The summed E-state index contributed by atoms with van der Waals surface area (Å²) in [5.41, 5.74) is 0. The van der Waals surface area contributed by atoms with Crippen LogP contribution in [0.4, 0.5) is 5.82 Å². The molecule has 1 fully saturated rings. The first-order chi connectivity index (χ1) is 9.74. The van der Waals surface area contributed by atoms with E-state index < -0.39 is 0 Å². The molecule has 1 saturated heterocycles. The van der Waals surface area contributed by atoms with E-state index in [0.717, 1.165) is 31.6 Å². The Morgan fingerprint density at radius 2 is 2.35 bits per heavy atom. The summed E-state index contributed by atoms with van der Waals surface area (Å²) in [4.78, 5) is 22.3. The van der Waals surface area contributed by atoms with Crippen LogP contribution in [0.25, 0.3) is 0 Å². The minimum Gasteiger partial charge on any atom is -0.477 e. The lowest BCUT2D eigenvalue weighted by molar-refractivity contribution is -0.145. The van der Waals surface area contributed by atoms with Crippen molar-refractivity contribution in [3.63, 3.8) is 0 Å². The van der Waals surface area contributed by atoms with E-state index in [0.29, 0.717) is 19.0 Å². The number of esters is 1. The number of aromatic nitrogens is 2. The Morgan fingerprint density at radius 1 is 1.50 bits per heavy atom. The van der Waals surface area contributed by atoms with Gasteiger partial charge in [0.05, 0.1) is 32.0 Å². The monoisotopic (exact) mass is 279 g/mol. The summed E-state index contributed by atoms with van der Waals surface area (Å²) >= 11 is 0. The maximum atomic E-state index is 11.6. The van der Waals surface area contributed by atoms with Gasteiger partial charge in [-0.15, -0.1) is 0 Å². The van der Waals surface area contributed by atoms with Crippen molar-refractivity contribution >= 4 is 11.8 Å². The van der Waals surface area contributed by atoms with Crippen LogP contribution in [0.5, 0.6) is 5.88 Å². The third-order valence-electron chi connectivity index (χ3n) is 3.33. The molecule has 20 heavy (non-hydrogen) atoms. The highest BCUT2D eigenvalue weighted by molar-refractivity contribution is 5.73. The van der Waals surface area contributed by atoms with Gasteiger partial charge >= 0.3 is 5.97 Å². The number of nitrogens with zero attached hydrogens (tertiary/aromatic N) is 3. The van der Waals surface area contributed by atoms with Gasteiger partial charge in [-0.1, -0.05) is 6.92 Å². The molecule has 1 aliphatic rings. The fourth-order valence-corrected chi connectivity index (χ4v) is 2.31. The average molecular weight is 279 g/mol. The van der Waals surface area contributed by atoms with Gasteiger partial charge in [0.15, 0.2) is 5.82 Å². The lowest BCUT2D eigenvalue weighted by Gasteiger charge is -2.31. The third kappa shape index (κ3) is 3.59. The Bertz CT molecular complexity index is 453. The Morgan fingerprint density at radius 3 is 3.10 bits per heavy atom. The highest BCUT2D eigenvalue weighted by Gasteiger charge is 2.27. The molecule has 2 rings (SSSR count). The zero-order valence-corrected chi connectivity index (χ0v) is 12.0. The number of hydrogen-bond acceptors (Lipinski definition) is 6. The maximum Gasteiger partial charge on any atom is 0.310 e. The van der Waals surface area contributed by atoms with Crippen LogP contribution in [-0.2, 0) is 9.53 Å². The second-order valence-corrected chi connectivity index (χ2v) is 4.87. The van der Waals surface area contributed by atoms with Gasteiger partial charge in [-0.3, -0.25) is 9.78 Å². The molecule has 0 radical (unpaired) electrons. The molecule has 1 aromatic heterocycles. The smallest absolute Gasteiger partial charge is 0.310 e. The van der Waals surface area contributed by atoms with Crippen molar-refractivity contribution in [1.82, 2.24) is 9.97 Å². The summed E-state index contributed by atoms with van der Waals surface area (Å²) in [5, 5.41) is 0. The van der Waals surface area contributed by atoms with Gasteiger partial charge in [-0.2, -0.15) is 4.98 Å². The fraction of sp³-hybridized carbons (Fsp3) is 0.643. The van der Waals surface area contributed by atoms with Gasteiger partial charge in [0, 0.05) is 13.1 Å². The summed E-state index contributed by atoms with van der Waals surface area (Å²) in [6.07, 6.45) is 6.06. The van der Waals surface area contributed by atoms with Crippen LogP contribution in [0, 0.1) is 5.92 Å². The zero-order valence-electron chi connectivity index (χ0n) is 12.0. The number of piperidine rings is 1. The molecular formula is C14H21N3O3. The third-order valence-corrected chi connectivity index (χ3v) is 3.33. The van der Waals surface area contributed by atoms with E-state index in [1.807, 2.05) is 6.92 Å². The summed E-state index contributed by atoms with van der Waals surface area (Å²) in [6.45, 7) is 4.17. The van der Waals surface area contributed by atoms with E-state index in [1.54, 1.807) is 12.4 Å². The molecule has 6 heteroatoms. The summed E-state index contributed by atoms with van der Waals surface area (Å²) in [5.74, 6) is 1.05. The van der Waals surface area contributed by atoms with Crippen LogP contribution in [-0.4, -0.2) is 42.7 Å². The molecule has 1 aromatic rings. The lowest BCUT2D eigenvalue weighted by atomic mass is 9.98.